The molecule has 0 radical (unpaired) electrons. The van der Waals surface area contributed by atoms with Gasteiger partial charge in [-0.3, -0.25) is 0 Å². The van der Waals surface area contributed by atoms with Crippen molar-refractivity contribution in [3.63, 3.8) is 0 Å². The average molecular weight is 67.7 g/mol. The lowest BCUT2D eigenvalue weighted by Gasteiger charge is -1.68. The molecule has 0 aliphatic heterocycles. The number of hydrogen-bond acceptors (Lipinski definition) is 1. The molecule has 0 spiro atoms. The maximum Gasteiger partial charge on any atom is 0.165 e. The molecule has 0 aromatic heterocycles. The molecule has 0 aromatic rings. The standard InChI is InChI=1S/C2H6B2O/c1-2(5)4-3/h4H,3H2,1H3. The Labute approximate surface area is 33.4 Å². The van der Waals surface area contributed by atoms with Crippen molar-refractivity contribution in [1.82, 2.24) is 0 Å². The van der Waals surface area contributed by atoms with Crippen LogP contribution in [0.15, 0.2) is 0 Å². The van der Waals surface area contributed by atoms with Gasteiger partial charge in [0.1, 0.15) is 0 Å². The minimum Gasteiger partial charge on any atom is -0.313 e. The molecule has 0 aliphatic carbocycles. The van der Waals surface area contributed by atoms with Crippen molar-refractivity contribution in [2.75, 3.05) is 0 Å². The lowest BCUT2D eigenvalue weighted by atomic mass is 9.53. The van der Waals surface area contributed by atoms with Gasteiger partial charge < -0.3 is 4.79 Å². The van der Waals surface area contributed by atoms with Crippen molar-refractivity contribution in [3.8, 4) is 0 Å². The van der Waals surface area contributed by atoms with Crippen LogP contribution in [0.3, 0.4) is 0 Å². The third kappa shape index (κ3) is 3.80. The molecule has 0 saturated carbocycles. The summed E-state index contributed by atoms with van der Waals surface area (Å²) in [6.45, 7) is 1.58. The van der Waals surface area contributed by atoms with Gasteiger partial charge in [-0.15, -0.1) is 0 Å². The van der Waals surface area contributed by atoms with Crippen molar-refractivity contribution in [3.05, 3.63) is 0 Å². The van der Waals surface area contributed by atoms with Crippen LogP contribution in [0.1, 0.15) is 6.92 Å². The Bertz CT molecular complexity index is 42.9. The highest BCUT2D eigenvalue weighted by atomic mass is 16.1. The van der Waals surface area contributed by atoms with E-state index in [1.54, 1.807) is 6.92 Å². The number of hydrogen-bond donors (Lipinski definition) is 0. The van der Waals surface area contributed by atoms with Gasteiger partial charge in [0.05, 0.1) is 13.4 Å². The summed E-state index contributed by atoms with van der Waals surface area (Å²) in [5.74, 6) is 0. The minimum atomic E-state index is 0.255. The fraction of sp³-hybridized carbons (Fsp3) is 0.500. The van der Waals surface area contributed by atoms with Crippen LogP contribution >= 0.6 is 0 Å². The molecule has 5 heavy (non-hydrogen) atoms. The van der Waals surface area contributed by atoms with Gasteiger partial charge in [-0.2, -0.15) is 0 Å². The summed E-state index contributed by atoms with van der Waals surface area (Å²) >= 11 is 0. The number of carbonyl (C=O) groups excluding carboxylic acids is 1. The summed E-state index contributed by atoms with van der Waals surface area (Å²) in [5.41, 5.74) is 0.255. The van der Waals surface area contributed by atoms with E-state index in [-0.39, 0.29) is 5.68 Å². The largest absolute Gasteiger partial charge is 0.313 e. The first-order chi connectivity index (χ1) is 2.27. The lowest BCUT2D eigenvalue weighted by molar-refractivity contribution is -0.110. The quantitative estimate of drug-likeness (QED) is 0.342. The predicted molar refractivity (Wildman–Crippen MR) is 26.4 cm³/mol. The highest BCUT2D eigenvalue weighted by Gasteiger charge is 1.81. The van der Waals surface area contributed by atoms with Crippen LogP contribution in [-0.4, -0.2) is 20.6 Å². The first kappa shape index (κ1) is 4.80. The van der Waals surface area contributed by atoms with Crippen molar-refractivity contribution >= 4 is 20.6 Å². The Morgan fingerprint density at radius 3 is 2.20 bits per heavy atom. The molecule has 0 amide bonds. The molecule has 0 atom stereocenters. The van der Waals surface area contributed by atoms with Crippen molar-refractivity contribution in [2.24, 2.45) is 0 Å². The second-order valence-corrected chi connectivity index (χ2v) is 1.06. The zero-order chi connectivity index (χ0) is 4.28. The normalized spacial score (nSPS) is 6.60. The van der Waals surface area contributed by atoms with Crippen LogP contribution in [-0.2, 0) is 4.79 Å². The van der Waals surface area contributed by atoms with Crippen molar-refractivity contribution < 1.29 is 4.79 Å². The first-order valence-electron chi connectivity index (χ1n) is 1.76. The van der Waals surface area contributed by atoms with Gasteiger partial charge in [0.2, 0.25) is 0 Å². The molecule has 26 valence electrons. The number of rotatable bonds is 1. The molecule has 0 rings (SSSR count). The molecule has 0 heterocycles. The highest BCUT2D eigenvalue weighted by Crippen LogP contribution is 1.50. The van der Waals surface area contributed by atoms with Crippen molar-refractivity contribution in [2.45, 2.75) is 6.92 Å². The van der Waals surface area contributed by atoms with Crippen LogP contribution in [0, 0.1) is 0 Å². The molecule has 0 aromatic carbocycles. The molecule has 0 fully saturated rings. The zero-order valence-corrected chi connectivity index (χ0v) is 3.62. The molecule has 0 aliphatic rings. The second-order valence-electron chi connectivity index (χ2n) is 1.06. The maximum atomic E-state index is 9.81. The van der Waals surface area contributed by atoms with E-state index in [1.165, 1.54) is 0 Å². The van der Waals surface area contributed by atoms with Crippen LogP contribution in [0.4, 0.5) is 0 Å². The molecule has 0 unspecified atom stereocenters. The predicted octanol–water partition coefficient (Wildman–Crippen LogP) is -1.48. The summed E-state index contributed by atoms with van der Waals surface area (Å²) in [6.07, 6.45) is 0. The Balaban J connectivity index is 2.85. The van der Waals surface area contributed by atoms with E-state index in [4.69, 9.17) is 0 Å². The van der Waals surface area contributed by atoms with Gasteiger partial charge in [0.25, 0.3) is 0 Å². The van der Waals surface area contributed by atoms with E-state index in [2.05, 4.69) is 0 Å². The van der Waals surface area contributed by atoms with E-state index >= 15 is 0 Å². The molecular weight excluding hydrogens is 61.6 g/mol. The van der Waals surface area contributed by atoms with Gasteiger partial charge in [0.15, 0.2) is 7.17 Å². The van der Waals surface area contributed by atoms with E-state index in [0.717, 1.165) is 0 Å². The van der Waals surface area contributed by atoms with E-state index in [1.807, 2.05) is 7.74 Å². The summed E-state index contributed by atoms with van der Waals surface area (Å²) in [6, 6.07) is 0. The molecule has 0 saturated heterocycles. The second kappa shape index (κ2) is 2.06. The first-order valence-corrected chi connectivity index (χ1v) is 1.76. The summed E-state index contributed by atoms with van der Waals surface area (Å²) < 4.78 is 0. The third-order valence-corrected chi connectivity index (χ3v) is 0.498. The van der Waals surface area contributed by atoms with Gasteiger partial charge in [-0.1, -0.05) is 0 Å². The number of carbonyl (C=O) groups is 1. The van der Waals surface area contributed by atoms with Crippen LogP contribution in [0.2, 0.25) is 0 Å². The average Bonchev–Trinajstić information content (AvgIpc) is 1.38. The minimum absolute atomic E-state index is 0.255. The maximum absolute atomic E-state index is 9.81. The summed E-state index contributed by atoms with van der Waals surface area (Å²) in [7, 11) is 2.52. The van der Waals surface area contributed by atoms with Gasteiger partial charge in [-0.05, 0) is 6.92 Å². The summed E-state index contributed by atoms with van der Waals surface area (Å²) in [5, 5.41) is 0. The topological polar surface area (TPSA) is 17.1 Å². The van der Waals surface area contributed by atoms with Crippen molar-refractivity contribution in [1.29, 1.82) is 0 Å². The molecular formula is C2H6B2O. The van der Waals surface area contributed by atoms with Crippen LogP contribution in [0.5, 0.6) is 0 Å². The molecule has 1 nitrogen and oxygen atoms in total. The Hall–Kier alpha value is -0.200. The Morgan fingerprint density at radius 1 is 2.00 bits per heavy atom. The monoisotopic (exact) mass is 68.1 g/mol. The fourth-order valence-electron chi connectivity index (χ4n) is 0. The Morgan fingerprint density at radius 2 is 2.20 bits per heavy atom. The molecule has 3 heteroatoms. The van der Waals surface area contributed by atoms with Gasteiger partial charge in [-0.25, -0.2) is 0 Å². The summed E-state index contributed by atoms with van der Waals surface area (Å²) in [4.78, 5) is 9.81. The smallest absolute Gasteiger partial charge is 0.165 e. The van der Waals surface area contributed by atoms with E-state index < -0.39 is 0 Å². The fourth-order valence-corrected chi connectivity index (χ4v) is 0. The van der Waals surface area contributed by atoms with Crippen LogP contribution < -0.4 is 0 Å². The SMILES string of the molecule is BBC(C)=O. The highest BCUT2D eigenvalue weighted by molar-refractivity contribution is 7.07. The third-order valence-electron chi connectivity index (χ3n) is 0.498. The Kier molecular flexibility index (Phi) is 1.98. The molecule has 0 N–H and O–H groups in total. The molecule has 0 bridgehead atoms. The van der Waals surface area contributed by atoms with E-state index in [9.17, 15) is 4.79 Å². The lowest BCUT2D eigenvalue weighted by Crippen LogP contribution is -2.00. The zero-order valence-electron chi connectivity index (χ0n) is 3.62. The van der Waals surface area contributed by atoms with Gasteiger partial charge in [0, 0.05) is 0 Å². The van der Waals surface area contributed by atoms with Crippen LogP contribution in [0.25, 0.3) is 0 Å². The van der Waals surface area contributed by atoms with E-state index in [0.29, 0.717) is 7.17 Å². The van der Waals surface area contributed by atoms with Gasteiger partial charge >= 0.3 is 0 Å².